The molecule has 0 fully saturated rings. The second-order valence-corrected chi connectivity index (χ2v) is 5.05. The predicted octanol–water partition coefficient (Wildman–Crippen LogP) is 4.15. The van der Waals surface area contributed by atoms with Crippen LogP contribution >= 0.6 is 11.8 Å². The van der Waals surface area contributed by atoms with Crippen LogP contribution in [0.25, 0.3) is 0 Å². The van der Waals surface area contributed by atoms with Crippen LogP contribution in [0.5, 0.6) is 0 Å². The maximum absolute atomic E-state index is 13.4. The van der Waals surface area contributed by atoms with E-state index in [1.54, 1.807) is 0 Å². The van der Waals surface area contributed by atoms with E-state index in [1.807, 2.05) is 25.1 Å². The quantitative estimate of drug-likeness (QED) is 0.666. The van der Waals surface area contributed by atoms with Gasteiger partial charge in [-0.05, 0) is 36.8 Å². The molecule has 0 amide bonds. The van der Waals surface area contributed by atoms with E-state index in [1.165, 1.54) is 30.0 Å². The first kappa shape index (κ1) is 12.9. The van der Waals surface area contributed by atoms with Crippen LogP contribution in [0.2, 0.25) is 0 Å². The van der Waals surface area contributed by atoms with E-state index >= 15 is 0 Å². The Bertz CT molecular complexity index is 549. The lowest BCUT2D eigenvalue weighted by atomic mass is 10.2. The summed E-state index contributed by atoms with van der Waals surface area (Å²) < 4.78 is 26.9. The minimum Gasteiger partial charge on any atom is -0.398 e. The van der Waals surface area contributed by atoms with Crippen molar-refractivity contribution in [2.75, 3.05) is 5.73 Å². The molecular weight excluding hydrogens is 252 g/mol. The fraction of sp³-hybridized carbons (Fsp3) is 0.143. The Morgan fingerprint density at radius 3 is 2.39 bits per heavy atom. The zero-order valence-electron chi connectivity index (χ0n) is 9.91. The van der Waals surface area contributed by atoms with E-state index in [-0.39, 0.29) is 11.3 Å². The molecule has 0 aromatic heterocycles. The summed E-state index contributed by atoms with van der Waals surface area (Å²) >= 11 is 1.33. The second kappa shape index (κ2) is 5.40. The molecule has 2 rings (SSSR count). The minimum absolute atomic E-state index is 0.0856. The van der Waals surface area contributed by atoms with Crippen molar-refractivity contribution in [2.24, 2.45) is 0 Å². The molecule has 18 heavy (non-hydrogen) atoms. The van der Waals surface area contributed by atoms with Crippen LogP contribution in [0.1, 0.15) is 11.1 Å². The lowest BCUT2D eigenvalue weighted by molar-refractivity contribution is 0.566. The van der Waals surface area contributed by atoms with Gasteiger partial charge in [-0.1, -0.05) is 12.1 Å². The fourth-order valence-corrected chi connectivity index (χ4v) is 2.58. The highest BCUT2D eigenvalue weighted by molar-refractivity contribution is 7.98. The van der Waals surface area contributed by atoms with Crippen LogP contribution in [0.4, 0.5) is 14.5 Å². The maximum Gasteiger partial charge on any atom is 0.130 e. The molecule has 4 heteroatoms. The summed E-state index contributed by atoms with van der Waals surface area (Å²) in [6.45, 7) is 1.95. The molecule has 0 aliphatic carbocycles. The van der Waals surface area contributed by atoms with Gasteiger partial charge < -0.3 is 5.73 Å². The lowest BCUT2D eigenvalue weighted by Gasteiger charge is -2.07. The van der Waals surface area contributed by atoms with Crippen LogP contribution in [-0.2, 0) is 5.75 Å². The Labute approximate surface area is 109 Å². The normalized spacial score (nSPS) is 10.6. The molecule has 1 nitrogen and oxygen atoms in total. The molecule has 2 aromatic rings. The number of nitrogens with two attached hydrogens (primary N) is 1. The van der Waals surface area contributed by atoms with E-state index < -0.39 is 11.6 Å². The van der Waals surface area contributed by atoms with E-state index in [9.17, 15) is 8.78 Å². The highest BCUT2D eigenvalue weighted by Gasteiger charge is 2.09. The Morgan fingerprint density at radius 2 is 1.78 bits per heavy atom. The average molecular weight is 265 g/mol. The van der Waals surface area contributed by atoms with Crippen LogP contribution in [-0.4, -0.2) is 0 Å². The van der Waals surface area contributed by atoms with E-state index in [0.29, 0.717) is 5.69 Å². The van der Waals surface area contributed by atoms with Gasteiger partial charge in [0.1, 0.15) is 11.6 Å². The van der Waals surface area contributed by atoms with E-state index in [0.717, 1.165) is 10.5 Å². The third kappa shape index (κ3) is 2.82. The van der Waals surface area contributed by atoms with Crippen molar-refractivity contribution >= 4 is 17.4 Å². The standard InChI is InChI=1S/C14H13F2NS/c1-9-5-6-14(13(17)7-9)18-8-10-11(15)3-2-4-12(10)16/h2-7H,8,17H2,1H3. The zero-order chi connectivity index (χ0) is 13.1. The van der Waals surface area contributed by atoms with Crippen molar-refractivity contribution in [2.45, 2.75) is 17.6 Å². The van der Waals surface area contributed by atoms with Gasteiger partial charge in [-0.3, -0.25) is 0 Å². The van der Waals surface area contributed by atoms with Crippen LogP contribution in [0, 0.1) is 18.6 Å². The van der Waals surface area contributed by atoms with Crippen LogP contribution in [0.15, 0.2) is 41.3 Å². The summed E-state index contributed by atoms with van der Waals surface area (Å²) in [7, 11) is 0. The van der Waals surface area contributed by atoms with Crippen LogP contribution < -0.4 is 5.73 Å². The average Bonchev–Trinajstić information content (AvgIpc) is 2.31. The summed E-state index contributed by atoms with van der Waals surface area (Å²) in [5, 5.41) is 0. The van der Waals surface area contributed by atoms with Gasteiger partial charge in [0.05, 0.1) is 0 Å². The summed E-state index contributed by atoms with van der Waals surface area (Å²) in [4.78, 5) is 0.836. The van der Waals surface area contributed by atoms with Crippen molar-refractivity contribution in [3.05, 3.63) is 59.2 Å². The molecular formula is C14H13F2NS. The smallest absolute Gasteiger partial charge is 0.130 e. The predicted molar refractivity (Wildman–Crippen MR) is 71.5 cm³/mol. The Morgan fingerprint density at radius 1 is 1.11 bits per heavy atom. The van der Waals surface area contributed by atoms with Gasteiger partial charge in [-0.2, -0.15) is 0 Å². The maximum atomic E-state index is 13.4. The first-order valence-corrected chi connectivity index (χ1v) is 6.48. The fourth-order valence-electron chi connectivity index (χ4n) is 1.62. The molecule has 0 heterocycles. The minimum atomic E-state index is -0.520. The van der Waals surface area contributed by atoms with Crippen molar-refractivity contribution in [3.8, 4) is 0 Å². The van der Waals surface area contributed by atoms with Crippen molar-refractivity contribution in [1.29, 1.82) is 0 Å². The number of hydrogen-bond donors (Lipinski definition) is 1. The molecule has 0 saturated carbocycles. The van der Waals surface area contributed by atoms with Gasteiger partial charge in [0.2, 0.25) is 0 Å². The number of rotatable bonds is 3. The van der Waals surface area contributed by atoms with Gasteiger partial charge in [0.25, 0.3) is 0 Å². The number of anilines is 1. The van der Waals surface area contributed by atoms with Gasteiger partial charge in [0.15, 0.2) is 0 Å². The monoisotopic (exact) mass is 265 g/mol. The third-order valence-corrected chi connectivity index (χ3v) is 3.71. The van der Waals surface area contributed by atoms with E-state index in [4.69, 9.17) is 5.73 Å². The number of aryl methyl sites for hydroxylation is 1. The molecule has 0 atom stereocenters. The summed E-state index contributed by atoms with van der Waals surface area (Å²) in [6, 6.07) is 9.53. The van der Waals surface area contributed by atoms with Gasteiger partial charge in [-0.15, -0.1) is 11.8 Å². The number of thioether (sulfide) groups is 1. The van der Waals surface area contributed by atoms with Gasteiger partial charge in [0, 0.05) is 21.9 Å². The third-order valence-electron chi connectivity index (χ3n) is 2.60. The lowest BCUT2D eigenvalue weighted by Crippen LogP contribution is -1.94. The topological polar surface area (TPSA) is 26.0 Å². The molecule has 2 aromatic carbocycles. The highest BCUT2D eigenvalue weighted by atomic mass is 32.2. The largest absolute Gasteiger partial charge is 0.398 e. The number of halogens is 2. The van der Waals surface area contributed by atoms with E-state index in [2.05, 4.69) is 0 Å². The van der Waals surface area contributed by atoms with Crippen LogP contribution in [0.3, 0.4) is 0 Å². The molecule has 2 N–H and O–H groups in total. The Kier molecular flexibility index (Phi) is 3.87. The molecule has 0 saturated heterocycles. The Hall–Kier alpha value is -1.55. The summed E-state index contributed by atoms with van der Waals surface area (Å²) in [5.74, 6) is -0.812. The second-order valence-electron chi connectivity index (χ2n) is 4.03. The zero-order valence-corrected chi connectivity index (χ0v) is 10.7. The molecule has 0 aliphatic rings. The van der Waals surface area contributed by atoms with Crippen molar-refractivity contribution in [1.82, 2.24) is 0 Å². The molecule has 0 unspecified atom stereocenters. The summed E-state index contributed by atoms with van der Waals surface area (Å²) in [6.07, 6.45) is 0. The van der Waals surface area contributed by atoms with Crippen molar-refractivity contribution < 1.29 is 8.78 Å². The SMILES string of the molecule is Cc1ccc(SCc2c(F)cccc2F)c(N)c1. The number of hydrogen-bond acceptors (Lipinski definition) is 2. The first-order chi connectivity index (χ1) is 8.58. The van der Waals surface area contributed by atoms with Gasteiger partial charge in [-0.25, -0.2) is 8.78 Å². The van der Waals surface area contributed by atoms with Crippen molar-refractivity contribution in [3.63, 3.8) is 0 Å². The molecule has 94 valence electrons. The molecule has 0 bridgehead atoms. The first-order valence-electron chi connectivity index (χ1n) is 5.50. The number of nitrogen functional groups attached to an aromatic ring is 1. The highest BCUT2D eigenvalue weighted by Crippen LogP contribution is 2.30. The Balaban J connectivity index is 2.16. The molecule has 0 spiro atoms. The van der Waals surface area contributed by atoms with Gasteiger partial charge >= 0.3 is 0 Å². The molecule has 0 radical (unpaired) electrons. The number of benzene rings is 2. The summed E-state index contributed by atoms with van der Waals surface area (Å²) in [5.41, 5.74) is 7.64. The molecule has 0 aliphatic heterocycles.